The Labute approximate surface area is 104 Å². The zero-order valence-corrected chi connectivity index (χ0v) is 11.2. The van der Waals surface area contributed by atoms with Gasteiger partial charge in [-0.2, -0.15) is 0 Å². The van der Waals surface area contributed by atoms with Gasteiger partial charge in [0.15, 0.2) is 0 Å². The molecule has 1 saturated carbocycles. The first kappa shape index (κ1) is 12.3. The minimum absolute atomic E-state index is 0.462. The van der Waals surface area contributed by atoms with Crippen LogP contribution in [0.5, 0.6) is 0 Å². The molecule has 3 heteroatoms. The first-order chi connectivity index (χ1) is 8.15. The van der Waals surface area contributed by atoms with Crippen LogP contribution in [-0.2, 0) is 0 Å². The van der Waals surface area contributed by atoms with Crippen LogP contribution in [0.1, 0.15) is 58.1 Å². The summed E-state index contributed by atoms with van der Waals surface area (Å²) in [6.07, 6.45) is 7.02. The average molecular weight is 233 g/mol. The number of hydrogen-bond donors (Lipinski definition) is 1. The molecule has 0 aliphatic heterocycles. The van der Waals surface area contributed by atoms with Crippen LogP contribution in [0.3, 0.4) is 0 Å². The maximum absolute atomic E-state index is 4.29. The lowest BCUT2D eigenvalue weighted by Crippen LogP contribution is -2.16. The highest BCUT2D eigenvalue weighted by molar-refractivity contribution is 5.36. The third-order valence-corrected chi connectivity index (χ3v) is 3.66. The highest BCUT2D eigenvalue weighted by Gasteiger charge is 2.41. The first-order valence-corrected chi connectivity index (χ1v) is 6.71. The van der Waals surface area contributed by atoms with Crippen LogP contribution in [0, 0.1) is 5.41 Å². The lowest BCUT2D eigenvalue weighted by atomic mass is 10.0. The minimum Gasteiger partial charge on any atom is -0.369 e. The highest BCUT2D eigenvalue weighted by Crippen LogP contribution is 2.49. The van der Waals surface area contributed by atoms with Gasteiger partial charge < -0.3 is 5.32 Å². The van der Waals surface area contributed by atoms with Gasteiger partial charge in [-0.25, -0.2) is 9.97 Å². The van der Waals surface area contributed by atoms with Gasteiger partial charge in [-0.05, 0) is 30.6 Å². The summed E-state index contributed by atoms with van der Waals surface area (Å²) >= 11 is 0. The number of aromatic nitrogens is 2. The number of hydrogen-bond acceptors (Lipinski definition) is 3. The van der Waals surface area contributed by atoms with Gasteiger partial charge in [0, 0.05) is 18.3 Å². The van der Waals surface area contributed by atoms with Crippen LogP contribution in [-0.4, -0.2) is 16.5 Å². The average Bonchev–Trinajstić information content (AvgIpc) is 3.08. The van der Waals surface area contributed by atoms with Crippen molar-refractivity contribution in [1.82, 2.24) is 9.97 Å². The van der Waals surface area contributed by atoms with E-state index in [9.17, 15) is 0 Å². The standard InChI is InChI=1S/C14H23N3/c1-4-5-14(6-7-14)9-15-13-8-12(11(2)3)16-10-17-13/h8,10-11H,4-7,9H2,1-3H3,(H,15,16,17). The van der Waals surface area contributed by atoms with E-state index in [0.29, 0.717) is 11.3 Å². The zero-order chi connectivity index (χ0) is 12.3. The Morgan fingerprint density at radius 2 is 2.12 bits per heavy atom. The largest absolute Gasteiger partial charge is 0.369 e. The van der Waals surface area contributed by atoms with Crippen molar-refractivity contribution in [1.29, 1.82) is 0 Å². The molecule has 1 aliphatic rings. The maximum atomic E-state index is 4.29. The summed E-state index contributed by atoms with van der Waals surface area (Å²) < 4.78 is 0. The Hall–Kier alpha value is -1.12. The Bertz CT molecular complexity index is 369. The van der Waals surface area contributed by atoms with Gasteiger partial charge in [0.25, 0.3) is 0 Å². The second-order valence-electron chi connectivity index (χ2n) is 5.59. The van der Waals surface area contributed by atoms with E-state index in [-0.39, 0.29) is 0 Å². The second-order valence-corrected chi connectivity index (χ2v) is 5.59. The third-order valence-electron chi connectivity index (χ3n) is 3.66. The molecule has 1 aliphatic carbocycles. The van der Waals surface area contributed by atoms with Gasteiger partial charge in [0.2, 0.25) is 0 Å². The monoisotopic (exact) mass is 233 g/mol. The maximum Gasteiger partial charge on any atom is 0.129 e. The summed E-state index contributed by atoms with van der Waals surface area (Å²) in [6.45, 7) is 7.65. The number of nitrogens with zero attached hydrogens (tertiary/aromatic N) is 2. The summed E-state index contributed by atoms with van der Waals surface area (Å²) in [6, 6.07) is 2.08. The highest BCUT2D eigenvalue weighted by atomic mass is 15.0. The van der Waals surface area contributed by atoms with E-state index >= 15 is 0 Å². The number of anilines is 1. The Kier molecular flexibility index (Phi) is 3.65. The van der Waals surface area contributed by atoms with Crippen molar-refractivity contribution >= 4 is 5.82 Å². The molecular weight excluding hydrogens is 210 g/mol. The lowest BCUT2D eigenvalue weighted by molar-refractivity contribution is 0.485. The molecule has 0 spiro atoms. The molecule has 0 atom stereocenters. The van der Waals surface area contributed by atoms with Crippen LogP contribution in [0.25, 0.3) is 0 Å². The molecule has 0 radical (unpaired) electrons. The van der Waals surface area contributed by atoms with Crippen LogP contribution < -0.4 is 5.32 Å². The second kappa shape index (κ2) is 5.03. The molecule has 0 unspecified atom stereocenters. The molecule has 0 saturated heterocycles. The van der Waals surface area contributed by atoms with Gasteiger partial charge >= 0.3 is 0 Å². The number of nitrogens with one attached hydrogen (secondary N) is 1. The fourth-order valence-corrected chi connectivity index (χ4v) is 2.29. The van der Waals surface area contributed by atoms with E-state index in [1.807, 2.05) is 0 Å². The SMILES string of the molecule is CCCC1(CNc2cc(C(C)C)ncn2)CC1. The van der Waals surface area contributed by atoms with Crippen molar-refractivity contribution in [3.05, 3.63) is 18.1 Å². The smallest absolute Gasteiger partial charge is 0.129 e. The summed E-state index contributed by atoms with van der Waals surface area (Å²) in [5.74, 6) is 1.44. The molecule has 1 fully saturated rings. The predicted octanol–water partition coefficient (Wildman–Crippen LogP) is 3.59. The minimum atomic E-state index is 0.462. The van der Waals surface area contributed by atoms with E-state index in [2.05, 4.69) is 42.1 Å². The molecule has 1 heterocycles. The third kappa shape index (κ3) is 3.18. The molecular formula is C14H23N3. The van der Waals surface area contributed by atoms with Crippen molar-refractivity contribution in [2.24, 2.45) is 5.41 Å². The van der Waals surface area contributed by atoms with Gasteiger partial charge in [-0.1, -0.05) is 27.2 Å². The molecule has 2 rings (SSSR count). The van der Waals surface area contributed by atoms with Gasteiger partial charge in [-0.3, -0.25) is 0 Å². The van der Waals surface area contributed by atoms with E-state index in [0.717, 1.165) is 18.1 Å². The van der Waals surface area contributed by atoms with Gasteiger partial charge in [0.05, 0.1) is 0 Å². The van der Waals surface area contributed by atoms with Crippen LogP contribution in [0.2, 0.25) is 0 Å². The van der Waals surface area contributed by atoms with Crippen molar-refractivity contribution in [3.63, 3.8) is 0 Å². The van der Waals surface area contributed by atoms with Gasteiger partial charge in [-0.15, -0.1) is 0 Å². The van der Waals surface area contributed by atoms with E-state index < -0.39 is 0 Å². The molecule has 94 valence electrons. The van der Waals surface area contributed by atoms with Crippen LogP contribution >= 0.6 is 0 Å². The number of rotatable bonds is 6. The lowest BCUT2D eigenvalue weighted by Gasteiger charge is -2.15. The molecule has 1 aromatic rings. The zero-order valence-electron chi connectivity index (χ0n) is 11.2. The van der Waals surface area contributed by atoms with Crippen molar-refractivity contribution in [2.75, 3.05) is 11.9 Å². The van der Waals surface area contributed by atoms with Crippen LogP contribution in [0.4, 0.5) is 5.82 Å². The van der Waals surface area contributed by atoms with Crippen molar-refractivity contribution in [3.8, 4) is 0 Å². The Balaban J connectivity index is 1.93. The topological polar surface area (TPSA) is 37.8 Å². The molecule has 0 aromatic carbocycles. The summed E-state index contributed by atoms with van der Waals surface area (Å²) in [5.41, 5.74) is 1.68. The summed E-state index contributed by atoms with van der Waals surface area (Å²) in [4.78, 5) is 8.57. The Morgan fingerprint density at radius 3 is 2.71 bits per heavy atom. The predicted molar refractivity (Wildman–Crippen MR) is 71.2 cm³/mol. The quantitative estimate of drug-likeness (QED) is 0.816. The molecule has 3 nitrogen and oxygen atoms in total. The first-order valence-electron chi connectivity index (χ1n) is 6.71. The van der Waals surface area contributed by atoms with Crippen LogP contribution in [0.15, 0.2) is 12.4 Å². The molecule has 1 N–H and O–H groups in total. The van der Waals surface area contributed by atoms with Crippen molar-refractivity contribution < 1.29 is 0 Å². The fraction of sp³-hybridized carbons (Fsp3) is 0.714. The van der Waals surface area contributed by atoms with E-state index in [4.69, 9.17) is 0 Å². The van der Waals surface area contributed by atoms with Gasteiger partial charge in [0.1, 0.15) is 12.1 Å². The molecule has 0 bridgehead atoms. The normalized spacial score (nSPS) is 17.2. The van der Waals surface area contributed by atoms with Crippen molar-refractivity contribution in [2.45, 2.75) is 52.4 Å². The van der Waals surface area contributed by atoms with E-state index in [1.165, 1.54) is 25.7 Å². The van der Waals surface area contributed by atoms with E-state index in [1.54, 1.807) is 6.33 Å². The summed E-state index contributed by atoms with van der Waals surface area (Å²) in [5, 5.41) is 3.48. The Morgan fingerprint density at radius 1 is 1.35 bits per heavy atom. The molecule has 17 heavy (non-hydrogen) atoms. The fourth-order valence-electron chi connectivity index (χ4n) is 2.29. The summed E-state index contributed by atoms with van der Waals surface area (Å²) in [7, 11) is 0. The molecule has 1 aromatic heterocycles. The molecule has 0 amide bonds.